The number of nitrogens with one attached hydrogen (secondary N) is 1. The summed E-state index contributed by atoms with van der Waals surface area (Å²) in [6, 6.07) is 5.04. The van der Waals surface area contributed by atoms with Crippen molar-refractivity contribution < 1.29 is 4.39 Å². The van der Waals surface area contributed by atoms with Gasteiger partial charge in [0.15, 0.2) is 0 Å². The molecule has 1 aromatic carbocycles. The summed E-state index contributed by atoms with van der Waals surface area (Å²) >= 11 is 5.98. The van der Waals surface area contributed by atoms with E-state index in [9.17, 15) is 4.39 Å². The van der Waals surface area contributed by atoms with Gasteiger partial charge in [0, 0.05) is 0 Å². The lowest BCUT2D eigenvalue weighted by atomic mass is 9.89. The lowest BCUT2D eigenvalue weighted by Crippen LogP contribution is -2.26. The zero-order chi connectivity index (χ0) is 13.5. The molecular weight excluding hydrogens is 249 g/mol. The molecule has 1 aromatic rings. The summed E-state index contributed by atoms with van der Waals surface area (Å²) in [6.45, 7) is 8.63. The summed E-state index contributed by atoms with van der Waals surface area (Å²) in [6.07, 6.45) is 1.97. The van der Waals surface area contributed by atoms with Crippen LogP contribution in [-0.4, -0.2) is 13.1 Å². The quantitative estimate of drug-likeness (QED) is 0.730. The van der Waals surface area contributed by atoms with Crippen molar-refractivity contribution in [1.29, 1.82) is 0 Å². The SMILES string of the molecule is CCCNCC(C)C(C)Cc1cccc(F)c1Cl. The molecule has 2 unspecified atom stereocenters. The first kappa shape index (κ1) is 15.5. The fraction of sp³-hybridized carbons (Fsp3) is 0.600. The van der Waals surface area contributed by atoms with E-state index in [0.717, 1.165) is 31.5 Å². The van der Waals surface area contributed by atoms with Crippen LogP contribution < -0.4 is 5.32 Å². The van der Waals surface area contributed by atoms with E-state index in [2.05, 4.69) is 26.1 Å². The van der Waals surface area contributed by atoms with E-state index in [1.54, 1.807) is 6.07 Å². The van der Waals surface area contributed by atoms with Gasteiger partial charge in [0.1, 0.15) is 5.82 Å². The molecule has 1 N–H and O–H groups in total. The second-order valence-corrected chi connectivity index (χ2v) is 5.45. The van der Waals surface area contributed by atoms with Crippen molar-refractivity contribution in [3.63, 3.8) is 0 Å². The molecule has 0 saturated carbocycles. The van der Waals surface area contributed by atoms with E-state index in [-0.39, 0.29) is 10.8 Å². The minimum absolute atomic E-state index is 0.276. The highest BCUT2D eigenvalue weighted by Crippen LogP contribution is 2.24. The van der Waals surface area contributed by atoms with E-state index in [0.29, 0.717) is 11.8 Å². The Kier molecular flexibility index (Phi) is 6.66. The summed E-state index contributed by atoms with van der Waals surface area (Å²) in [4.78, 5) is 0. The zero-order valence-electron chi connectivity index (χ0n) is 11.5. The van der Waals surface area contributed by atoms with Crippen LogP contribution in [0.3, 0.4) is 0 Å². The molecule has 0 aliphatic carbocycles. The summed E-state index contributed by atoms with van der Waals surface area (Å²) in [5.41, 5.74) is 0.909. The summed E-state index contributed by atoms with van der Waals surface area (Å²) in [5.74, 6) is 0.711. The van der Waals surface area contributed by atoms with E-state index in [1.165, 1.54) is 6.07 Å². The van der Waals surface area contributed by atoms with Gasteiger partial charge in [-0.05, 0) is 49.4 Å². The Morgan fingerprint density at radius 3 is 2.67 bits per heavy atom. The number of hydrogen-bond donors (Lipinski definition) is 1. The molecule has 102 valence electrons. The molecule has 18 heavy (non-hydrogen) atoms. The van der Waals surface area contributed by atoms with E-state index < -0.39 is 0 Å². The van der Waals surface area contributed by atoms with Crippen LogP contribution in [0, 0.1) is 17.7 Å². The van der Waals surface area contributed by atoms with Crippen LogP contribution in [0.15, 0.2) is 18.2 Å². The van der Waals surface area contributed by atoms with Crippen LogP contribution in [0.25, 0.3) is 0 Å². The van der Waals surface area contributed by atoms with Gasteiger partial charge in [-0.15, -0.1) is 0 Å². The summed E-state index contributed by atoms with van der Waals surface area (Å²) < 4.78 is 13.3. The molecule has 0 aliphatic heterocycles. The Morgan fingerprint density at radius 1 is 1.28 bits per heavy atom. The third-order valence-electron chi connectivity index (χ3n) is 3.44. The predicted molar refractivity (Wildman–Crippen MR) is 76.6 cm³/mol. The molecule has 1 nitrogen and oxygen atoms in total. The number of hydrogen-bond acceptors (Lipinski definition) is 1. The minimum Gasteiger partial charge on any atom is -0.316 e. The number of halogens is 2. The van der Waals surface area contributed by atoms with Crippen molar-refractivity contribution >= 4 is 11.6 Å². The van der Waals surface area contributed by atoms with Gasteiger partial charge in [0.2, 0.25) is 0 Å². The standard InChI is InChI=1S/C15H23ClFN/c1-4-8-18-10-12(3)11(2)9-13-6-5-7-14(17)15(13)16/h5-7,11-12,18H,4,8-10H2,1-3H3. The van der Waals surface area contributed by atoms with Crippen molar-refractivity contribution in [1.82, 2.24) is 5.32 Å². The topological polar surface area (TPSA) is 12.0 Å². The molecule has 0 fully saturated rings. The lowest BCUT2D eigenvalue weighted by Gasteiger charge is -2.21. The van der Waals surface area contributed by atoms with Crippen molar-refractivity contribution in [2.75, 3.05) is 13.1 Å². The lowest BCUT2D eigenvalue weighted by molar-refractivity contribution is 0.365. The predicted octanol–water partition coefficient (Wildman–Crippen LogP) is 4.29. The van der Waals surface area contributed by atoms with Crippen molar-refractivity contribution in [3.8, 4) is 0 Å². The Labute approximate surface area is 115 Å². The summed E-state index contributed by atoms with van der Waals surface area (Å²) in [5, 5.41) is 3.70. The second kappa shape index (κ2) is 7.75. The third-order valence-corrected chi connectivity index (χ3v) is 3.86. The highest BCUT2D eigenvalue weighted by Gasteiger charge is 2.15. The van der Waals surface area contributed by atoms with Crippen LogP contribution in [0.4, 0.5) is 4.39 Å². The maximum absolute atomic E-state index is 13.3. The van der Waals surface area contributed by atoms with Gasteiger partial charge in [0.25, 0.3) is 0 Å². The van der Waals surface area contributed by atoms with Gasteiger partial charge in [-0.3, -0.25) is 0 Å². The molecule has 0 spiro atoms. The van der Waals surface area contributed by atoms with Gasteiger partial charge in [0.05, 0.1) is 5.02 Å². The normalized spacial score (nSPS) is 14.5. The fourth-order valence-electron chi connectivity index (χ4n) is 1.96. The van der Waals surface area contributed by atoms with Gasteiger partial charge in [-0.2, -0.15) is 0 Å². The van der Waals surface area contributed by atoms with Crippen LogP contribution in [-0.2, 0) is 6.42 Å². The fourth-order valence-corrected chi connectivity index (χ4v) is 2.17. The first-order valence-corrected chi connectivity index (χ1v) is 7.07. The average Bonchev–Trinajstić information content (AvgIpc) is 2.35. The van der Waals surface area contributed by atoms with Gasteiger partial charge >= 0.3 is 0 Å². The molecule has 0 saturated heterocycles. The zero-order valence-corrected chi connectivity index (χ0v) is 12.2. The van der Waals surface area contributed by atoms with E-state index in [1.807, 2.05) is 6.07 Å². The maximum Gasteiger partial charge on any atom is 0.142 e. The average molecular weight is 272 g/mol. The molecule has 0 amide bonds. The Bertz CT molecular complexity index is 368. The second-order valence-electron chi connectivity index (χ2n) is 5.08. The molecule has 0 heterocycles. The Hall–Kier alpha value is -0.600. The largest absolute Gasteiger partial charge is 0.316 e. The first-order chi connectivity index (χ1) is 8.56. The molecule has 0 aromatic heterocycles. The van der Waals surface area contributed by atoms with Crippen LogP contribution in [0.2, 0.25) is 5.02 Å². The number of benzene rings is 1. The maximum atomic E-state index is 13.3. The molecule has 0 bridgehead atoms. The van der Waals surface area contributed by atoms with E-state index in [4.69, 9.17) is 11.6 Å². The summed E-state index contributed by atoms with van der Waals surface area (Å²) in [7, 11) is 0. The van der Waals surface area contributed by atoms with Gasteiger partial charge < -0.3 is 5.32 Å². The third kappa shape index (κ3) is 4.58. The number of rotatable bonds is 7. The van der Waals surface area contributed by atoms with Crippen molar-refractivity contribution in [2.24, 2.45) is 11.8 Å². The van der Waals surface area contributed by atoms with Gasteiger partial charge in [-0.25, -0.2) is 4.39 Å². The minimum atomic E-state index is -0.321. The highest BCUT2D eigenvalue weighted by atomic mass is 35.5. The first-order valence-electron chi connectivity index (χ1n) is 6.69. The van der Waals surface area contributed by atoms with Crippen LogP contribution in [0.1, 0.15) is 32.8 Å². The van der Waals surface area contributed by atoms with Crippen LogP contribution in [0.5, 0.6) is 0 Å². The Balaban J connectivity index is 2.53. The smallest absolute Gasteiger partial charge is 0.142 e. The van der Waals surface area contributed by atoms with E-state index >= 15 is 0 Å². The highest BCUT2D eigenvalue weighted by molar-refractivity contribution is 6.31. The molecule has 2 atom stereocenters. The molecule has 1 rings (SSSR count). The Morgan fingerprint density at radius 2 is 2.00 bits per heavy atom. The molecular formula is C15H23ClFN. The monoisotopic (exact) mass is 271 g/mol. The van der Waals surface area contributed by atoms with Crippen molar-refractivity contribution in [2.45, 2.75) is 33.6 Å². The van der Waals surface area contributed by atoms with Gasteiger partial charge in [-0.1, -0.05) is 44.5 Å². The van der Waals surface area contributed by atoms with Crippen LogP contribution >= 0.6 is 11.6 Å². The molecule has 0 aliphatic rings. The van der Waals surface area contributed by atoms with Crippen molar-refractivity contribution in [3.05, 3.63) is 34.6 Å². The molecule has 3 heteroatoms. The molecule has 0 radical (unpaired) electrons.